The first-order valence-electron chi connectivity index (χ1n) is 4.13. The van der Waals surface area contributed by atoms with E-state index in [1.807, 2.05) is 12.1 Å². The number of rotatable bonds is 4. The minimum Gasteiger partial charge on any atom is -0.378 e. The van der Waals surface area contributed by atoms with Gasteiger partial charge in [0.15, 0.2) is 0 Å². The average Bonchev–Trinajstić information content (AvgIpc) is 2.15. The van der Waals surface area contributed by atoms with Gasteiger partial charge >= 0.3 is 0 Å². The highest BCUT2D eigenvalue weighted by Crippen LogP contribution is 2.08. The van der Waals surface area contributed by atoms with Gasteiger partial charge in [-0.05, 0) is 24.1 Å². The van der Waals surface area contributed by atoms with Crippen LogP contribution in [0.25, 0.3) is 0 Å². The summed E-state index contributed by atoms with van der Waals surface area (Å²) in [5, 5.41) is 2.98. The fourth-order valence-electron chi connectivity index (χ4n) is 1.02. The SMILES string of the molecule is CCc1ccc(NCC=O)cc1. The second-order valence-electron chi connectivity index (χ2n) is 2.60. The zero-order chi connectivity index (χ0) is 8.81. The molecular weight excluding hydrogens is 150 g/mol. The summed E-state index contributed by atoms with van der Waals surface area (Å²) < 4.78 is 0. The first-order valence-corrected chi connectivity index (χ1v) is 4.13. The van der Waals surface area contributed by atoms with Crippen LogP contribution >= 0.6 is 0 Å². The van der Waals surface area contributed by atoms with Crippen molar-refractivity contribution in [1.29, 1.82) is 0 Å². The standard InChI is InChI=1S/C10H13NO/c1-2-9-3-5-10(6-4-9)11-7-8-12/h3-6,8,11H,2,7H2,1H3. The molecule has 0 saturated carbocycles. The molecule has 0 radical (unpaired) electrons. The fraction of sp³-hybridized carbons (Fsp3) is 0.300. The monoisotopic (exact) mass is 163 g/mol. The van der Waals surface area contributed by atoms with Gasteiger partial charge in [-0.1, -0.05) is 19.1 Å². The summed E-state index contributed by atoms with van der Waals surface area (Å²) in [6.45, 7) is 2.50. The predicted molar refractivity (Wildman–Crippen MR) is 50.4 cm³/mol. The Balaban J connectivity index is 2.58. The fourth-order valence-corrected chi connectivity index (χ4v) is 1.02. The summed E-state index contributed by atoms with van der Waals surface area (Å²) >= 11 is 0. The van der Waals surface area contributed by atoms with Crippen LogP contribution in [-0.2, 0) is 11.2 Å². The van der Waals surface area contributed by atoms with E-state index in [-0.39, 0.29) is 0 Å². The van der Waals surface area contributed by atoms with E-state index in [0.717, 1.165) is 18.4 Å². The molecule has 0 aliphatic heterocycles. The van der Waals surface area contributed by atoms with Gasteiger partial charge in [0.25, 0.3) is 0 Å². The third-order valence-electron chi connectivity index (χ3n) is 1.75. The molecule has 64 valence electrons. The smallest absolute Gasteiger partial charge is 0.139 e. The van der Waals surface area contributed by atoms with E-state index in [4.69, 9.17) is 0 Å². The van der Waals surface area contributed by atoms with Crippen molar-refractivity contribution >= 4 is 12.0 Å². The molecule has 1 aromatic rings. The Kier molecular flexibility index (Phi) is 3.33. The molecule has 0 unspecified atom stereocenters. The van der Waals surface area contributed by atoms with Gasteiger partial charge in [-0.2, -0.15) is 0 Å². The van der Waals surface area contributed by atoms with Gasteiger partial charge in [-0.15, -0.1) is 0 Å². The summed E-state index contributed by atoms with van der Waals surface area (Å²) in [6, 6.07) is 8.10. The van der Waals surface area contributed by atoms with Crippen molar-refractivity contribution in [2.24, 2.45) is 0 Å². The first-order chi connectivity index (χ1) is 5.86. The molecule has 0 bridgehead atoms. The summed E-state index contributed by atoms with van der Waals surface area (Å²) in [7, 11) is 0. The quantitative estimate of drug-likeness (QED) is 0.686. The summed E-state index contributed by atoms with van der Waals surface area (Å²) in [6.07, 6.45) is 1.90. The second kappa shape index (κ2) is 4.54. The van der Waals surface area contributed by atoms with Crippen LogP contribution in [0.3, 0.4) is 0 Å². The van der Waals surface area contributed by atoms with Crippen molar-refractivity contribution in [3.05, 3.63) is 29.8 Å². The Morgan fingerprint density at radius 2 is 2.00 bits per heavy atom. The largest absolute Gasteiger partial charge is 0.378 e. The molecule has 0 fully saturated rings. The molecule has 0 saturated heterocycles. The number of carbonyl (C=O) groups is 1. The molecule has 0 spiro atoms. The van der Waals surface area contributed by atoms with E-state index in [0.29, 0.717) is 6.54 Å². The first kappa shape index (κ1) is 8.78. The highest BCUT2D eigenvalue weighted by atomic mass is 16.1. The average molecular weight is 163 g/mol. The Labute approximate surface area is 72.6 Å². The van der Waals surface area contributed by atoms with Gasteiger partial charge in [0.05, 0.1) is 6.54 Å². The van der Waals surface area contributed by atoms with Crippen molar-refractivity contribution in [2.75, 3.05) is 11.9 Å². The normalized spacial score (nSPS) is 9.42. The van der Waals surface area contributed by atoms with Crippen LogP contribution in [0.1, 0.15) is 12.5 Å². The minimum absolute atomic E-state index is 0.380. The van der Waals surface area contributed by atoms with Crippen molar-refractivity contribution in [1.82, 2.24) is 0 Å². The lowest BCUT2D eigenvalue weighted by molar-refractivity contribution is -0.106. The lowest BCUT2D eigenvalue weighted by Crippen LogP contribution is -2.01. The lowest BCUT2D eigenvalue weighted by atomic mass is 10.1. The maximum Gasteiger partial charge on any atom is 0.139 e. The molecule has 12 heavy (non-hydrogen) atoms. The van der Waals surface area contributed by atoms with E-state index >= 15 is 0 Å². The minimum atomic E-state index is 0.380. The van der Waals surface area contributed by atoms with Crippen LogP contribution in [0, 0.1) is 0 Å². The van der Waals surface area contributed by atoms with Crippen LogP contribution in [0.15, 0.2) is 24.3 Å². The molecule has 0 amide bonds. The molecule has 1 rings (SSSR count). The highest BCUT2D eigenvalue weighted by molar-refractivity contribution is 5.59. The number of hydrogen-bond acceptors (Lipinski definition) is 2. The number of hydrogen-bond donors (Lipinski definition) is 1. The molecule has 0 aliphatic carbocycles. The Morgan fingerprint density at radius 1 is 1.33 bits per heavy atom. The van der Waals surface area contributed by atoms with E-state index < -0.39 is 0 Å². The van der Waals surface area contributed by atoms with E-state index in [1.54, 1.807) is 0 Å². The van der Waals surface area contributed by atoms with Crippen LogP contribution < -0.4 is 5.32 Å². The zero-order valence-corrected chi connectivity index (χ0v) is 7.21. The number of carbonyl (C=O) groups excluding carboxylic acids is 1. The summed E-state index contributed by atoms with van der Waals surface area (Å²) in [5.41, 5.74) is 2.31. The number of aldehydes is 1. The topological polar surface area (TPSA) is 29.1 Å². The Hall–Kier alpha value is -1.31. The van der Waals surface area contributed by atoms with Crippen molar-refractivity contribution < 1.29 is 4.79 Å². The van der Waals surface area contributed by atoms with Crippen molar-refractivity contribution in [3.8, 4) is 0 Å². The third kappa shape index (κ3) is 2.38. The molecule has 1 N–H and O–H groups in total. The van der Waals surface area contributed by atoms with Crippen LogP contribution in [0.5, 0.6) is 0 Å². The highest BCUT2D eigenvalue weighted by Gasteiger charge is 1.90. The van der Waals surface area contributed by atoms with Crippen molar-refractivity contribution in [3.63, 3.8) is 0 Å². The number of anilines is 1. The van der Waals surface area contributed by atoms with Crippen LogP contribution in [-0.4, -0.2) is 12.8 Å². The molecule has 0 atom stereocenters. The number of benzene rings is 1. The predicted octanol–water partition coefficient (Wildman–Crippen LogP) is 1.86. The second-order valence-corrected chi connectivity index (χ2v) is 2.60. The van der Waals surface area contributed by atoms with Crippen LogP contribution in [0.2, 0.25) is 0 Å². The molecule has 1 aromatic carbocycles. The molecular formula is C10H13NO. The molecule has 0 aromatic heterocycles. The third-order valence-corrected chi connectivity index (χ3v) is 1.75. The van der Waals surface area contributed by atoms with Crippen molar-refractivity contribution in [2.45, 2.75) is 13.3 Å². The van der Waals surface area contributed by atoms with Gasteiger partial charge in [0, 0.05) is 5.69 Å². The van der Waals surface area contributed by atoms with Gasteiger partial charge < -0.3 is 10.1 Å². The number of aryl methyl sites for hydroxylation is 1. The van der Waals surface area contributed by atoms with E-state index in [1.165, 1.54) is 5.56 Å². The lowest BCUT2D eigenvalue weighted by Gasteiger charge is -2.02. The summed E-state index contributed by atoms with van der Waals surface area (Å²) in [5.74, 6) is 0. The molecule has 0 heterocycles. The zero-order valence-electron chi connectivity index (χ0n) is 7.21. The number of nitrogens with one attached hydrogen (secondary N) is 1. The van der Waals surface area contributed by atoms with Crippen LogP contribution in [0.4, 0.5) is 5.69 Å². The van der Waals surface area contributed by atoms with Gasteiger partial charge in [-0.25, -0.2) is 0 Å². The maximum atomic E-state index is 10.0. The van der Waals surface area contributed by atoms with E-state index in [9.17, 15) is 4.79 Å². The molecule has 0 aliphatic rings. The van der Waals surface area contributed by atoms with Gasteiger partial charge in [-0.3, -0.25) is 0 Å². The molecule has 2 nitrogen and oxygen atoms in total. The molecule has 2 heteroatoms. The van der Waals surface area contributed by atoms with Gasteiger partial charge in [0.1, 0.15) is 6.29 Å². The summed E-state index contributed by atoms with van der Waals surface area (Å²) in [4.78, 5) is 10.0. The Morgan fingerprint density at radius 3 is 2.50 bits per heavy atom. The Bertz CT molecular complexity index is 241. The van der Waals surface area contributed by atoms with Gasteiger partial charge in [0.2, 0.25) is 0 Å². The van der Waals surface area contributed by atoms with E-state index in [2.05, 4.69) is 24.4 Å². The maximum absolute atomic E-state index is 10.0.